The van der Waals surface area contributed by atoms with Crippen LogP contribution < -0.4 is 14.8 Å². The lowest BCUT2D eigenvalue weighted by atomic mass is 10.3. The Hall–Kier alpha value is -2.44. The first-order valence-electron chi connectivity index (χ1n) is 7.74. The molecule has 0 atom stereocenters. The third kappa shape index (κ3) is 6.46. The Kier molecular flexibility index (Phi) is 7.56. The third-order valence-electron chi connectivity index (χ3n) is 3.01. The summed E-state index contributed by atoms with van der Waals surface area (Å²) in [6, 6.07) is 11.6. The van der Waals surface area contributed by atoms with Gasteiger partial charge in [-0.05, 0) is 37.3 Å². The van der Waals surface area contributed by atoms with Crippen LogP contribution in [0.4, 0.5) is 5.69 Å². The van der Waals surface area contributed by atoms with Gasteiger partial charge in [-0.1, -0.05) is 35.3 Å². The van der Waals surface area contributed by atoms with E-state index in [9.17, 15) is 9.59 Å². The molecule has 26 heavy (non-hydrogen) atoms. The average molecular weight is 398 g/mol. The maximum Gasteiger partial charge on any atom is 0.344 e. The van der Waals surface area contributed by atoms with Crippen molar-refractivity contribution in [2.24, 2.45) is 0 Å². The molecule has 0 saturated carbocycles. The second-order valence-electron chi connectivity index (χ2n) is 5.04. The van der Waals surface area contributed by atoms with Crippen LogP contribution in [0.15, 0.2) is 42.5 Å². The molecule has 138 valence electrons. The van der Waals surface area contributed by atoms with Crippen LogP contribution in [0.3, 0.4) is 0 Å². The molecule has 2 aromatic carbocycles. The molecule has 0 aliphatic heterocycles. The van der Waals surface area contributed by atoms with Gasteiger partial charge in [-0.15, -0.1) is 0 Å². The number of ether oxygens (including phenoxy) is 3. The molecule has 0 saturated heterocycles. The number of carbonyl (C=O) groups excluding carboxylic acids is 2. The van der Waals surface area contributed by atoms with Gasteiger partial charge in [-0.2, -0.15) is 0 Å². The Morgan fingerprint density at radius 1 is 0.962 bits per heavy atom. The molecule has 0 radical (unpaired) electrons. The van der Waals surface area contributed by atoms with Crippen molar-refractivity contribution in [1.29, 1.82) is 0 Å². The molecule has 2 aromatic rings. The van der Waals surface area contributed by atoms with Gasteiger partial charge in [0, 0.05) is 15.7 Å². The van der Waals surface area contributed by atoms with Crippen molar-refractivity contribution in [3.8, 4) is 11.5 Å². The molecule has 8 heteroatoms. The SMILES string of the molecule is CCOc1ccccc1OCC(=O)OCC(=O)Nc1cc(Cl)cc(Cl)c1. The van der Waals surface area contributed by atoms with Gasteiger partial charge < -0.3 is 19.5 Å². The van der Waals surface area contributed by atoms with E-state index in [2.05, 4.69) is 5.32 Å². The summed E-state index contributed by atoms with van der Waals surface area (Å²) in [5.41, 5.74) is 0.408. The number of hydrogen-bond acceptors (Lipinski definition) is 5. The number of amides is 1. The van der Waals surface area contributed by atoms with Crippen LogP contribution in [-0.2, 0) is 14.3 Å². The summed E-state index contributed by atoms with van der Waals surface area (Å²) in [6.45, 7) is 1.51. The summed E-state index contributed by atoms with van der Waals surface area (Å²) in [5.74, 6) is -0.260. The average Bonchev–Trinajstić information content (AvgIpc) is 2.58. The molecule has 0 spiro atoms. The highest BCUT2D eigenvalue weighted by Gasteiger charge is 2.11. The van der Waals surface area contributed by atoms with Gasteiger partial charge in [0.05, 0.1) is 6.61 Å². The number of anilines is 1. The Morgan fingerprint density at radius 2 is 1.58 bits per heavy atom. The first-order valence-corrected chi connectivity index (χ1v) is 8.49. The van der Waals surface area contributed by atoms with E-state index in [4.69, 9.17) is 37.4 Å². The summed E-state index contributed by atoms with van der Waals surface area (Å²) in [5, 5.41) is 3.29. The van der Waals surface area contributed by atoms with Crippen LogP contribution in [0.25, 0.3) is 0 Å². The van der Waals surface area contributed by atoms with E-state index in [1.807, 2.05) is 6.92 Å². The molecule has 0 aliphatic carbocycles. The van der Waals surface area contributed by atoms with Crippen molar-refractivity contribution in [2.45, 2.75) is 6.92 Å². The fraction of sp³-hybridized carbons (Fsp3) is 0.222. The van der Waals surface area contributed by atoms with Gasteiger partial charge in [-0.3, -0.25) is 4.79 Å². The number of carbonyl (C=O) groups is 2. The zero-order valence-corrected chi connectivity index (χ0v) is 15.5. The molecule has 0 fully saturated rings. The maximum absolute atomic E-state index is 11.8. The summed E-state index contributed by atoms with van der Waals surface area (Å²) in [4.78, 5) is 23.6. The molecule has 0 bridgehead atoms. The normalized spacial score (nSPS) is 10.1. The van der Waals surface area contributed by atoms with E-state index < -0.39 is 18.5 Å². The van der Waals surface area contributed by atoms with E-state index in [1.54, 1.807) is 24.3 Å². The van der Waals surface area contributed by atoms with Crippen molar-refractivity contribution in [3.63, 3.8) is 0 Å². The van der Waals surface area contributed by atoms with Crippen LogP contribution in [0.1, 0.15) is 6.92 Å². The standard InChI is InChI=1S/C18H17Cl2NO5/c1-2-24-15-5-3-4-6-16(15)25-11-18(23)26-10-17(22)21-14-8-12(19)7-13(20)9-14/h3-9H,2,10-11H2,1H3,(H,21,22). The minimum atomic E-state index is -0.685. The predicted molar refractivity (Wildman–Crippen MR) is 99.2 cm³/mol. The zero-order chi connectivity index (χ0) is 18.9. The lowest BCUT2D eigenvalue weighted by molar-refractivity contribution is -0.149. The zero-order valence-electron chi connectivity index (χ0n) is 14.0. The highest BCUT2D eigenvalue weighted by atomic mass is 35.5. The second-order valence-corrected chi connectivity index (χ2v) is 5.91. The summed E-state index contributed by atoms with van der Waals surface area (Å²) in [7, 11) is 0. The minimum Gasteiger partial charge on any atom is -0.490 e. The highest BCUT2D eigenvalue weighted by Crippen LogP contribution is 2.26. The number of para-hydroxylation sites is 2. The summed E-state index contributed by atoms with van der Waals surface area (Å²) >= 11 is 11.7. The van der Waals surface area contributed by atoms with E-state index in [-0.39, 0.29) is 6.61 Å². The van der Waals surface area contributed by atoms with Gasteiger partial charge in [0.2, 0.25) is 0 Å². The topological polar surface area (TPSA) is 73.9 Å². The number of nitrogens with one attached hydrogen (secondary N) is 1. The van der Waals surface area contributed by atoms with Crippen LogP contribution in [0, 0.1) is 0 Å². The van der Waals surface area contributed by atoms with Gasteiger partial charge in [0.15, 0.2) is 24.7 Å². The Bertz CT molecular complexity index is 762. The van der Waals surface area contributed by atoms with E-state index >= 15 is 0 Å². The Labute approximate surface area is 160 Å². The quantitative estimate of drug-likeness (QED) is 0.682. The molecule has 0 aromatic heterocycles. The summed E-state index contributed by atoms with van der Waals surface area (Å²) in [6.07, 6.45) is 0. The fourth-order valence-electron chi connectivity index (χ4n) is 1.99. The molecule has 6 nitrogen and oxygen atoms in total. The minimum absolute atomic E-state index is 0.347. The van der Waals surface area contributed by atoms with Gasteiger partial charge >= 0.3 is 5.97 Å². The van der Waals surface area contributed by atoms with E-state index in [0.29, 0.717) is 33.8 Å². The van der Waals surface area contributed by atoms with Crippen molar-refractivity contribution < 1.29 is 23.8 Å². The molecular weight excluding hydrogens is 381 g/mol. The lowest BCUT2D eigenvalue weighted by Crippen LogP contribution is -2.23. The first-order chi connectivity index (χ1) is 12.5. The fourth-order valence-corrected chi connectivity index (χ4v) is 2.52. The van der Waals surface area contributed by atoms with Crippen molar-refractivity contribution in [1.82, 2.24) is 0 Å². The molecule has 2 rings (SSSR count). The maximum atomic E-state index is 11.8. The predicted octanol–water partition coefficient (Wildman–Crippen LogP) is 3.95. The first kappa shape index (κ1) is 19.9. The largest absolute Gasteiger partial charge is 0.490 e. The lowest BCUT2D eigenvalue weighted by Gasteiger charge is -2.11. The van der Waals surface area contributed by atoms with Crippen LogP contribution >= 0.6 is 23.2 Å². The van der Waals surface area contributed by atoms with Gasteiger partial charge in [0.1, 0.15) is 0 Å². The van der Waals surface area contributed by atoms with Crippen LogP contribution in [-0.4, -0.2) is 31.7 Å². The number of rotatable bonds is 8. The molecule has 0 aliphatic rings. The Balaban J connectivity index is 1.79. The summed E-state index contributed by atoms with van der Waals surface area (Å²) < 4.78 is 15.6. The third-order valence-corrected chi connectivity index (χ3v) is 3.44. The van der Waals surface area contributed by atoms with Crippen molar-refractivity contribution in [2.75, 3.05) is 25.1 Å². The molecular formula is C18H17Cl2NO5. The molecule has 1 N–H and O–H groups in total. The van der Waals surface area contributed by atoms with Crippen LogP contribution in [0.2, 0.25) is 10.0 Å². The van der Waals surface area contributed by atoms with Crippen molar-refractivity contribution >= 4 is 40.8 Å². The highest BCUT2D eigenvalue weighted by molar-refractivity contribution is 6.35. The number of hydrogen-bond donors (Lipinski definition) is 1. The van der Waals surface area contributed by atoms with Gasteiger partial charge in [-0.25, -0.2) is 4.79 Å². The van der Waals surface area contributed by atoms with Gasteiger partial charge in [0.25, 0.3) is 5.91 Å². The Morgan fingerprint density at radius 3 is 2.19 bits per heavy atom. The molecule has 0 heterocycles. The molecule has 1 amide bonds. The molecule has 0 unspecified atom stereocenters. The van der Waals surface area contributed by atoms with Crippen LogP contribution in [0.5, 0.6) is 11.5 Å². The van der Waals surface area contributed by atoms with E-state index in [1.165, 1.54) is 18.2 Å². The smallest absolute Gasteiger partial charge is 0.344 e. The monoisotopic (exact) mass is 397 g/mol. The number of esters is 1. The second kappa shape index (κ2) is 9.89. The number of benzene rings is 2. The van der Waals surface area contributed by atoms with E-state index in [0.717, 1.165) is 0 Å². The number of halogens is 2. The van der Waals surface area contributed by atoms with Crippen molar-refractivity contribution in [3.05, 3.63) is 52.5 Å².